The Morgan fingerprint density at radius 3 is 2.00 bits per heavy atom. The van der Waals surface area contributed by atoms with Crippen LogP contribution in [0.3, 0.4) is 0 Å². The van der Waals surface area contributed by atoms with Crippen molar-refractivity contribution in [2.75, 3.05) is 0 Å². The first-order valence-electron chi connectivity index (χ1n) is 4.25. The predicted molar refractivity (Wildman–Crippen MR) is 57.8 cm³/mol. The van der Waals surface area contributed by atoms with Crippen LogP contribution < -0.4 is 5.73 Å². The van der Waals surface area contributed by atoms with E-state index in [0.717, 1.165) is 11.6 Å². The Morgan fingerprint density at radius 2 is 1.75 bits per heavy atom. The molecule has 1 heteroatoms. The molecule has 0 unspecified atom stereocenters. The largest absolute Gasteiger partial charge is 0.399 e. The third-order valence-electron chi connectivity index (χ3n) is 0.669. The average Bonchev–Trinajstić information content (AvgIpc) is 1.87. The van der Waals surface area contributed by atoms with Gasteiger partial charge in [0.05, 0.1) is 0 Å². The highest BCUT2D eigenvalue weighted by Gasteiger charge is 1.71. The first-order chi connectivity index (χ1) is 5.54. The van der Waals surface area contributed by atoms with Crippen LogP contribution in [0.1, 0.15) is 27.7 Å². The molecule has 0 rings (SSSR count). The summed E-state index contributed by atoms with van der Waals surface area (Å²) in [6.45, 7) is 11.9. The molecule has 0 heterocycles. The molecule has 70 valence electrons. The number of hydrogen-bond donors (Lipinski definition) is 1. The smallest absolute Gasteiger partial charge is 0.0310 e. The van der Waals surface area contributed by atoms with Gasteiger partial charge in [0.15, 0.2) is 0 Å². The van der Waals surface area contributed by atoms with E-state index in [1.807, 2.05) is 19.1 Å². The lowest BCUT2D eigenvalue weighted by Gasteiger charge is -1.84. The van der Waals surface area contributed by atoms with Crippen molar-refractivity contribution in [1.29, 1.82) is 0 Å². The highest BCUT2D eigenvalue weighted by Crippen LogP contribution is 1.84. The van der Waals surface area contributed by atoms with Crippen LogP contribution in [0.15, 0.2) is 36.6 Å². The lowest BCUT2D eigenvalue weighted by Crippen LogP contribution is -1.90. The second-order valence-electron chi connectivity index (χ2n) is 3.13. The molecule has 12 heavy (non-hydrogen) atoms. The molecule has 0 spiro atoms. The minimum atomic E-state index is 0.738. The fourth-order valence-electron chi connectivity index (χ4n) is 0.384. The van der Waals surface area contributed by atoms with Gasteiger partial charge < -0.3 is 5.73 Å². The minimum absolute atomic E-state index is 0.738. The third kappa shape index (κ3) is 23.0. The molecule has 0 amide bonds. The number of nitrogens with two attached hydrogens (primary N) is 1. The normalized spacial score (nSPS) is 11.2. The van der Waals surface area contributed by atoms with Crippen molar-refractivity contribution in [3.05, 3.63) is 36.6 Å². The van der Waals surface area contributed by atoms with E-state index in [9.17, 15) is 0 Å². The van der Waals surface area contributed by atoms with E-state index in [-0.39, 0.29) is 0 Å². The Balaban J connectivity index is 0. The fraction of sp³-hybridized carbons (Fsp3) is 0.455. The molecule has 0 saturated carbocycles. The molecule has 0 aliphatic heterocycles. The van der Waals surface area contributed by atoms with E-state index in [4.69, 9.17) is 5.73 Å². The molecule has 0 aromatic heterocycles. The zero-order valence-electron chi connectivity index (χ0n) is 8.67. The SMILES string of the molecule is C=C/C=C(N)\C=C/C.CC(C)C. The number of rotatable bonds is 2. The molecule has 0 atom stereocenters. The molecule has 0 aliphatic rings. The summed E-state index contributed by atoms with van der Waals surface area (Å²) in [4.78, 5) is 0. The van der Waals surface area contributed by atoms with Crippen molar-refractivity contribution in [1.82, 2.24) is 0 Å². The zero-order chi connectivity index (χ0) is 9.98. The van der Waals surface area contributed by atoms with Crippen LogP contribution in [0, 0.1) is 5.92 Å². The molecule has 0 bridgehead atoms. The quantitative estimate of drug-likeness (QED) is 0.628. The lowest BCUT2D eigenvalue weighted by molar-refractivity contribution is 0.737. The first-order valence-corrected chi connectivity index (χ1v) is 4.25. The van der Waals surface area contributed by atoms with Gasteiger partial charge in [-0.3, -0.25) is 0 Å². The van der Waals surface area contributed by atoms with Crippen LogP contribution in [0.2, 0.25) is 0 Å². The summed E-state index contributed by atoms with van der Waals surface area (Å²) in [5.41, 5.74) is 6.14. The molecule has 0 radical (unpaired) electrons. The fourth-order valence-corrected chi connectivity index (χ4v) is 0.384. The van der Waals surface area contributed by atoms with Crippen LogP contribution >= 0.6 is 0 Å². The zero-order valence-corrected chi connectivity index (χ0v) is 8.67. The average molecular weight is 167 g/mol. The summed E-state index contributed by atoms with van der Waals surface area (Å²) in [6.07, 6.45) is 7.12. The van der Waals surface area contributed by atoms with Crippen molar-refractivity contribution in [2.24, 2.45) is 11.7 Å². The molecule has 1 nitrogen and oxygen atoms in total. The summed E-state index contributed by atoms with van der Waals surface area (Å²) in [5.74, 6) is 0.833. The van der Waals surface area contributed by atoms with Gasteiger partial charge in [-0.25, -0.2) is 0 Å². The van der Waals surface area contributed by atoms with E-state index in [1.54, 1.807) is 12.2 Å². The van der Waals surface area contributed by atoms with Crippen molar-refractivity contribution < 1.29 is 0 Å². The monoisotopic (exact) mass is 167 g/mol. The van der Waals surface area contributed by atoms with Gasteiger partial charge in [-0.15, -0.1) is 0 Å². The van der Waals surface area contributed by atoms with Crippen LogP contribution in [-0.2, 0) is 0 Å². The van der Waals surface area contributed by atoms with E-state index in [0.29, 0.717) is 0 Å². The van der Waals surface area contributed by atoms with Crippen molar-refractivity contribution in [3.8, 4) is 0 Å². The van der Waals surface area contributed by atoms with Gasteiger partial charge in [0.2, 0.25) is 0 Å². The first kappa shape index (κ1) is 13.6. The summed E-state index contributed by atoms with van der Waals surface area (Å²) in [6, 6.07) is 0. The van der Waals surface area contributed by atoms with Gasteiger partial charge in [-0.2, -0.15) is 0 Å². The van der Waals surface area contributed by atoms with E-state index in [2.05, 4.69) is 27.4 Å². The van der Waals surface area contributed by atoms with Crippen LogP contribution in [-0.4, -0.2) is 0 Å². The van der Waals surface area contributed by atoms with Crippen LogP contribution in [0.25, 0.3) is 0 Å². The maximum Gasteiger partial charge on any atom is 0.0310 e. The maximum absolute atomic E-state index is 5.40. The molecular formula is C11H21N. The molecule has 2 N–H and O–H groups in total. The third-order valence-corrected chi connectivity index (χ3v) is 0.669. The molecule has 0 aromatic rings. The summed E-state index contributed by atoms with van der Waals surface area (Å²) in [5, 5.41) is 0. The second-order valence-corrected chi connectivity index (χ2v) is 3.13. The molecule has 0 fully saturated rings. The predicted octanol–water partition coefficient (Wildman–Crippen LogP) is 3.25. The highest BCUT2D eigenvalue weighted by molar-refractivity contribution is 5.18. The second kappa shape index (κ2) is 10.0. The van der Waals surface area contributed by atoms with Crippen molar-refractivity contribution >= 4 is 0 Å². The molecule has 0 aliphatic carbocycles. The van der Waals surface area contributed by atoms with Crippen LogP contribution in [0.4, 0.5) is 0 Å². The number of hydrogen-bond acceptors (Lipinski definition) is 1. The molecular weight excluding hydrogens is 146 g/mol. The maximum atomic E-state index is 5.40. The van der Waals surface area contributed by atoms with Crippen LogP contribution in [0.5, 0.6) is 0 Å². The van der Waals surface area contributed by atoms with Gasteiger partial charge >= 0.3 is 0 Å². The van der Waals surface area contributed by atoms with Gasteiger partial charge in [-0.1, -0.05) is 39.5 Å². The minimum Gasteiger partial charge on any atom is -0.399 e. The van der Waals surface area contributed by atoms with E-state index in [1.165, 1.54) is 0 Å². The van der Waals surface area contributed by atoms with Gasteiger partial charge in [0, 0.05) is 5.70 Å². The Bertz CT molecular complexity index is 150. The summed E-state index contributed by atoms with van der Waals surface area (Å²) < 4.78 is 0. The lowest BCUT2D eigenvalue weighted by atomic mass is 10.3. The summed E-state index contributed by atoms with van der Waals surface area (Å²) >= 11 is 0. The Hall–Kier alpha value is -0.980. The van der Waals surface area contributed by atoms with E-state index < -0.39 is 0 Å². The summed E-state index contributed by atoms with van der Waals surface area (Å²) in [7, 11) is 0. The van der Waals surface area contributed by atoms with Gasteiger partial charge in [0.25, 0.3) is 0 Å². The van der Waals surface area contributed by atoms with Gasteiger partial charge in [-0.05, 0) is 25.0 Å². The Kier molecular flexibility index (Phi) is 11.4. The van der Waals surface area contributed by atoms with Crippen molar-refractivity contribution in [3.63, 3.8) is 0 Å². The highest BCUT2D eigenvalue weighted by atomic mass is 14.5. The van der Waals surface area contributed by atoms with Crippen molar-refractivity contribution in [2.45, 2.75) is 27.7 Å². The number of allylic oxidation sites excluding steroid dienone is 4. The topological polar surface area (TPSA) is 26.0 Å². The molecule has 0 aromatic carbocycles. The van der Waals surface area contributed by atoms with E-state index >= 15 is 0 Å². The standard InChI is InChI=1S/C7H11N.C4H10/c1-3-5-7(8)6-4-2;1-4(2)3/h3-6H,1,8H2,2H3;4H,1-3H3/b6-4-,7-5+;. The Morgan fingerprint density at radius 1 is 1.33 bits per heavy atom. The molecule has 0 saturated heterocycles. The Labute approximate surface area is 76.7 Å². The van der Waals surface area contributed by atoms with Gasteiger partial charge in [0.1, 0.15) is 0 Å².